The molecule has 2 aromatic heterocycles. The third-order valence-corrected chi connectivity index (χ3v) is 4.69. The fraction of sp³-hybridized carbons (Fsp3) is 0.150. The predicted octanol–water partition coefficient (Wildman–Crippen LogP) is 4.15. The first kappa shape index (κ1) is 16.8. The Morgan fingerprint density at radius 3 is 2.82 bits per heavy atom. The molecule has 6 nitrogen and oxygen atoms in total. The zero-order valence-corrected chi connectivity index (χ0v) is 14.5. The maximum absolute atomic E-state index is 13.9. The van der Waals surface area contributed by atoms with E-state index in [4.69, 9.17) is 9.26 Å². The summed E-state index contributed by atoms with van der Waals surface area (Å²) < 4.78 is 40.6. The highest BCUT2D eigenvalue weighted by molar-refractivity contribution is 5.59. The van der Waals surface area contributed by atoms with E-state index in [0.29, 0.717) is 12.2 Å². The van der Waals surface area contributed by atoms with Crippen molar-refractivity contribution in [2.24, 2.45) is 0 Å². The molecule has 0 N–H and O–H groups in total. The lowest BCUT2D eigenvalue weighted by atomic mass is 10.1. The fourth-order valence-corrected chi connectivity index (χ4v) is 3.29. The summed E-state index contributed by atoms with van der Waals surface area (Å²) in [6.45, 7) is 0.744. The van der Waals surface area contributed by atoms with Gasteiger partial charge in [0.2, 0.25) is 5.82 Å². The molecule has 0 saturated heterocycles. The molecule has 0 spiro atoms. The molecule has 0 fully saturated rings. The smallest absolute Gasteiger partial charge is 0.278 e. The van der Waals surface area contributed by atoms with Gasteiger partial charge < -0.3 is 13.8 Å². The zero-order chi connectivity index (χ0) is 19.1. The number of fused-ring (bicyclic) bond motifs is 1. The molecule has 8 heteroatoms. The Labute approximate surface area is 158 Å². The van der Waals surface area contributed by atoms with Gasteiger partial charge in [-0.3, -0.25) is 0 Å². The molecular weight excluding hydrogens is 366 g/mol. The van der Waals surface area contributed by atoms with Gasteiger partial charge in [0.05, 0.1) is 30.7 Å². The van der Waals surface area contributed by atoms with E-state index in [1.54, 1.807) is 30.6 Å². The second-order valence-corrected chi connectivity index (χ2v) is 6.45. The SMILES string of the molecule is Fc1cccc(C2Cn3cnc(-c4nc(-c5ccccc5F)no4)c3CO2)c1. The molecule has 0 amide bonds. The number of rotatable bonds is 3. The number of nitrogens with zero attached hydrogens (tertiary/aromatic N) is 4. The summed E-state index contributed by atoms with van der Waals surface area (Å²) in [4.78, 5) is 8.64. The molecule has 1 aliphatic rings. The topological polar surface area (TPSA) is 66.0 Å². The van der Waals surface area contributed by atoms with Crippen molar-refractivity contribution < 1.29 is 18.0 Å². The normalized spacial score (nSPS) is 16.1. The summed E-state index contributed by atoms with van der Waals surface area (Å²) >= 11 is 0. The second kappa shape index (κ2) is 6.65. The van der Waals surface area contributed by atoms with Crippen LogP contribution in [0.15, 0.2) is 59.4 Å². The Balaban J connectivity index is 1.44. The van der Waals surface area contributed by atoms with Crippen LogP contribution in [0.2, 0.25) is 0 Å². The van der Waals surface area contributed by atoms with Crippen LogP contribution in [0, 0.1) is 11.6 Å². The summed E-state index contributed by atoms with van der Waals surface area (Å²) in [7, 11) is 0. The average molecular weight is 380 g/mol. The third-order valence-electron chi connectivity index (χ3n) is 4.69. The van der Waals surface area contributed by atoms with Gasteiger partial charge in [0.1, 0.15) is 17.7 Å². The Morgan fingerprint density at radius 2 is 1.96 bits per heavy atom. The third kappa shape index (κ3) is 2.87. The molecule has 4 aromatic rings. The number of halogens is 2. The summed E-state index contributed by atoms with van der Waals surface area (Å²) in [6, 6.07) is 12.6. The summed E-state index contributed by atoms with van der Waals surface area (Å²) in [5.74, 6) is -0.378. The van der Waals surface area contributed by atoms with Gasteiger partial charge in [0.15, 0.2) is 5.69 Å². The Morgan fingerprint density at radius 1 is 1.07 bits per heavy atom. The number of ether oxygens (including phenoxy) is 1. The van der Waals surface area contributed by atoms with Gasteiger partial charge in [0, 0.05) is 0 Å². The maximum Gasteiger partial charge on any atom is 0.278 e. The van der Waals surface area contributed by atoms with Crippen LogP contribution in [0.3, 0.4) is 0 Å². The van der Waals surface area contributed by atoms with Crippen molar-refractivity contribution in [2.45, 2.75) is 19.3 Å². The van der Waals surface area contributed by atoms with E-state index in [2.05, 4.69) is 15.1 Å². The lowest BCUT2D eigenvalue weighted by molar-refractivity contribution is 0.00314. The second-order valence-electron chi connectivity index (χ2n) is 6.45. The van der Waals surface area contributed by atoms with Crippen molar-refractivity contribution in [3.63, 3.8) is 0 Å². The van der Waals surface area contributed by atoms with E-state index in [1.807, 2.05) is 10.6 Å². The van der Waals surface area contributed by atoms with Crippen LogP contribution in [0.4, 0.5) is 8.78 Å². The number of imidazole rings is 1. The van der Waals surface area contributed by atoms with Gasteiger partial charge >= 0.3 is 0 Å². The van der Waals surface area contributed by atoms with Crippen LogP contribution >= 0.6 is 0 Å². The Hall–Kier alpha value is -3.39. The summed E-state index contributed by atoms with van der Waals surface area (Å²) in [5, 5.41) is 3.87. The van der Waals surface area contributed by atoms with Gasteiger partial charge in [-0.25, -0.2) is 13.8 Å². The van der Waals surface area contributed by atoms with Crippen LogP contribution in [-0.2, 0) is 17.9 Å². The number of hydrogen-bond acceptors (Lipinski definition) is 5. The van der Waals surface area contributed by atoms with E-state index in [9.17, 15) is 8.78 Å². The minimum absolute atomic E-state index is 0.157. The first-order chi connectivity index (χ1) is 13.7. The summed E-state index contributed by atoms with van der Waals surface area (Å²) in [6.07, 6.45) is 1.38. The lowest BCUT2D eigenvalue weighted by Gasteiger charge is -2.25. The molecule has 1 unspecified atom stereocenters. The van der Waals surface area contributed by atoms with E-state index >= 15 is 0 Å². The molecule has 1 atom stereocenters. The first-order valence-corrected chi connectivity index (χ1v) is 8.69. The van der Waals surface area contributed by atoms with Gasteiger partial charge in [-0.15, -0.1) is 0 Å². The van der Waals surface area contributed by atoms with Crippen LogP contribution in [-0.4, -0.2) is 19.7 Å². The van der Waals surface area contributed by atoms with E-state index in [1.165, 1.54) is 18.2 Å². The maximum atomic E-state index is 13.9. The number of aromatic nitrogens is 4. The van der Waals surface area contributed by atoms with Gasteiger partial charge in [-0.05, 0) is 29.8 Å². The minimum Gasteiger partial charge on any atom is -0.365 e. The Kier molecular flexibility index (Phi) is 3.98. The molecule has 0 radical (unpaired) electrons. The minimum atomic E-state index is -0.428. The van der Waals surface area contributed by atoms with Crippen molar-refractivity contribution in [1.29, 1.82) is 0 Å². The lowest BCUT2D eigenvalue weighted by Crippen LogP contribution is -2.20. The predicted molar refractivity (Wildman–Crippen MR) is 94.8 cm³/mol. The fourth-order valence-electron chi connectivity index (χ4n) is 3.29. The van der Waals surface area contributed by atoms with E-state index < -0.39 is 5.82 Å². The number of benzene rings is 2. The highest BCUT2D eigenvalue weighted by Crippen LogP contribution is 2.32. The standard InChI is InChI=1S/C20H14F2N4O2/c21-13-5-3-4-12(8-13)17-9-26-11-23-18(16(26)10-27-17)20-24-19(25-28-20)14-6-1-2-7-15(14)22/h1-8,11,17H,9-10H2. The molecule has 5 rings (SSSR count). The van der Waals surface area contributed by atoms with Crippen LogP contribution < -0.4 is 0 Å². The molecule has 3 heterocycles. The molecule has 0 bridgehead atoms. The van der Waals surface area contributed by atoms with Crippen molar-refractivity contribution in [3.8, 4) is 23.0 Å². The molecular formula is C20H14F2N4O2. The molecule has 28 heavy (non-hydrogen) atoms. The highest BCUT2D eigenvalue weighted by atomic mass is 19.1. The van der Waals surface area contributed by atoms with Crippen molar-refractivity contribution in [1.82, 2.24) is 19.7 Å². The largest absolute Gasteiger partial charge is 0.365 e. The van der Waals surface area contributed by atoms with Gasteiger partial charge in [0.25, 0.3) is 5.89 Å². The zero-order valence-electron chi connectivity index (χ0n) is 14.5. The quantitative estimate of drug-likeness (QED) is 0.534. The molecule has 140 valence electrons. The monoisotopic (exact) mass is 380 g/mol. The van der Waals surface area contributed by atoms with E-state index in [0.717, 1.165) is 11.3 Å². The van der Waals surface area contributed by atoms with Crippen molar-refractivity contribution in [2.75, 3.05) is 0 Å². The summed E-state index contributed by atoms with van der Waals surface area (Å²) in [5.41, 5.74) is 2.29. The molecule has 0 saturated carbocycles. The van der Waals surface area contributed by atoms with Crippen molar-refractivity contribution >= 4 is 0 Å². The highest BCUT2D eigenvalue weighted by Gasteiger charge is 2.27. The van der Waals surface area contributed by atoms with E-state index in [-0.39, 0.29) is 35.8 Å². The van der Waals surface area contributed by atoms with Crippen LogP contribution in [0.5, 0.6) is 0 Å². The van der Waals surface area contributed by atoms with Gasteiger partial charge in [-0.2, -0.15) is 4.98 Å². The Bertz CT molecular complexity index is 1150. The average Bonchev–Trinajstić information content (AvgIpc) is 3.34. The van der Waals surface area contributed by atoms with Gasteiger partial charge in [-0.1, -0.05) is 29.4 Å². The molecule has 1 aliphatic heterocycles. The molecule has 0 aliphatic carbocycles. The van der Waals surface area contributed by atoms with Crippen LogP contribution in [0.25, 0.3) is 23.0 Å². The van der Waals surface area contributed by atoms with Crippen LogP contribution in [0.1, 0.15) is 17.4 Å². The van der Waals surface area contributed by atoms with Crippen molar-refractivity contribution in [3.05, 3.63) is 77.8 Å². The molecule has 2 aromatic carbocycles. The number of hydrogen-bond donors (Lipinski definition) is 0. The first-order valence-electron chi connectivity index (χ1n) is 8.69.